The minimum Gasteiger partial charge on any atom is -0.490 e. The Labute approximate surface area is 110 Å². The number of aliphatic hydroxyl groups is 1. The van der Waals surface area contributed by atoms with Crippen molar-refractivity contribution in [3.63, 3.8) is 0 Å². The van der Waals surface area contributed by atoms with Gasteiger partial charge >= 0.3 is 0 Å². The maximum atomic E-state index is 9.60. The Hall–Kier alpha value is -1.02. The molecule has 1 aromatic rings. The number of rotatable bonds is 4. The van der Waals surface area contributed by atoms with Crippen LogP contribution in [0.3, 0.4) is 0 Å². The molecule has 0 amide bonds. The van der Waals surface area contributed by atoms with Crippen LogP contribution in [-0.2, 0) is 0 Å². The van der Waals surface area contributed by atoms with Gasteiger partial charge in [0.05, 0.1) is 6.10 Å². The molecule has 0 aliphatic heterocycles. The average molecular weight is 248 g/mol. The van der Waals surface area contributed by atoms with Crippen molar-refractivity contribution in [3.8, 4) is 5.75 Å². The van der Waals surface area contributed by atoms with Crippen LogP contribution in [0.15, 0.2) is 24.3 Å². The third-order valence-corrected chi connectivity index (χ3v) is 3.99. The molecule has 2 rings (SSSR count). The zero-order valence-electron chi connectivity index (χ0n) is 11.4. The summed E-state index contributed by atoms with van der Waals surface area (Å²) in [6.07, 6.45) is 6.19. The molecule has 0 radical (unpaired) electrons. The minimum atomic E-state index is -0.429. The standard InChI is InChI=1S/C16H24O2/c1-3-13-7-4-5-10-16(13)18-15-9-6-8-14(11-15)12(2)17/h6,8-9,11-13,16-17H,3-5,7,10H2,1-2H3. The van der Waals surface area contributed by atoms with E-state index in [0.29, 0.717) is 12.0 Å². The molecule has 3 unspecified atom stereocenters. The first kappa shape index (κ1) is 13.4. The van der Waals surface area contributed by atoms with Gasteiger partial charge in [0.15, 0.2) is 0 Å². The molecule has 1 aromatic carbocycles. The lowest BCUT2D eigenvalue weighted by atomic mass is 9.85. The topological polar surface area (TPSA) is 29.5 Å². The molecule has 0 heterocycles. The zero-order chi connectivity index (χ0) is 13.0. The number of hydrogen-bond acceptors (Lipinski definition) is 2. The van der Waals surface area contributed by atoms with E-state index in [1.54, 1.807) is 6.92 Å². The van der Waals surface area contributed by atoms with Gasteiger partial charge in [0, 0.05) is 0 Å². The first-order chi connectivity index (χ1) is 8.70. The van der Waals surface area contributed by atoms with Crippen LogP contribution in [0, 0.1) is 5.92 Å². The highest BCUT2D eigenvalue weighted by Gasteiger charge is 2.25. The van der Waals surface area contributed by atoms with Crippen LogP contribution < -0.4 is 4.74 Å². The van der Waals surface area contributed by atoms with Gasteiger partial charge in [0.1, 0.15) is 11.9 Å². The first-order valence-electron chi connectivity index (χ1n) is 7.15. The number of hydrogen-bond donors (Lipinski definition) is 1. The largest absolute Gasteiger partial charge is 0.490 e. The number of benzene rings is 1. The molecule has 1 saturated carbocycles. The van der Waals surface area contributed by atoms with E-state index in [1.165, 1.54) is 25.7 Å². The van der Waals surface area contributed by atoms with Gasteiger partial charge in [-0.25, -0.2) is 0 Å². The number of ether oxygens (including phenoxy) is 1. The van der Waals surface area contributed by atoms with E-state index in [2.05, 4.69) is 6.92 Å². The molecule has 100 valence electrons. The Kier molecular flexibility index (Phi) is 4.65. The summed E-state index contributed by atoms with van der Waals surface area (Å²) in [4.78, 5) is 0. The maximum Gasteiger partial charge on any atom is 0.120 e. The summed E-state index contributed by atoms with van der Waals surface area (Å²) in [5.41, 5.74) is 0.927. The molecule has 1 N–H and O–H groups in total. The highest BCUT2D eigenvalue weighted by atomic mass is 16.5. The fraction of sp³-hybridized carbons (Fsp3) is 0.625. The van der Waals surface area contributed by atoms with E-state index in [-0.39, 0.29) is 0 Å². The van der Waals surface area contributed by atoms with E-state index in [1.807, 2.05) is 24.3 Å². The second-order valence-electron chi connectivity index (χ2n) is 5.36. The minimum absolute atomic E-state index is 0.355. The molecule has 0 spiro atoms. The highest BCUT2D eigenvalue weighted by Crippen LogP contribution is 2.31. The van der Waals surface area contributed by atoms with Crippen molar-refractivity contribution >= 4 is 0 Å². The second-order valence-corrected chi connectivity index (χ2v) is 5.36. The Morgan fingerprint density at radius 3 is 2.83 bits per heavy atom. The SMILES string of the molecule is CCC1CCCCC1Oc1cccc(C(C)O)c1. The van der Waals surface area contributed by atoms with Gasteiger partial charge in [-0.1, -0.05) is 25.5 Å². The summed E-state index contributed by atoms with van der Waals surface area (Å²) in [5, 5.41) is 9.60. The molecule has 18 heavy (non-hydrogen) atoms. The second kappa shape index (κ2) is 6.24. The van der Waals surface area contributed by atoms with Crippen molar-refractivity contribution in [2.75, 3.05) is 0 Å². The molecule has 2 heteroatoms. The fourth-order valence-electron chi connectivity index (χ4n) is 2.82. The monoisotopic (exact) mass is 248 g/mol. The van der Waals surface area contributed by atoms with E-state index in [9.17, 15) is 5.11 Å². The maximum absolute atomic E-state index is 9.60. The lowest BCUT2D eigenvalue weighted by Gasteiger charge is -2.31. The van der Waals surface area contributed by atoms with Crippen molar-refractivity contribution in [2.45, 2.75) is 58.2 Å². The van der Waals surface area contributed by atoms with E-state index < -0.39 is 6.10 Å². The molecule has 1 fully saturated rings. The summed E-state index contributed by atoms with van der Waals surface area (Å²) in [6.45, 7) is 4.03. The van der Waals surface area contributed by atoms with Gasteiger partial charge in [-0.05, 0) is 56.2 Å². The van der Waals surface area contributed by atoms with Gasteiger partial charge in [-0.3, -0.25) is 0 Å². The van der Waals surface area contributed by atoms with Crippen LogP contribution in [0.25, 0.3) is 0 Å². The summed E-state index contributed by atoms with van der Waals surface area (Å²) in [5.74, 6) is 1.59. The Balaban J connectivity index is 2.05. The lowest BCUT2D eigenvalue weighted by Crippen LogP contribution is -2.29. The molecular formula is C16H24O2. The van der Waals surface area contributed by atoms with Gasteiger partial charge in [-0.2, -0.15) is 0 Å². The molecule has 2 nitrogen and oxygen atoms in total. The summed E-state index contributed by atoms with van der Waals surface area (Å²) in [6, 6.07) is 7.86. The van der Waals surface area contributed by atoms with Crippen LogP contribution in [-0.4, -0.2) is 11.2 Å². The van der Waals surface area contributed by atoms with Gasteiger partial charge in [0.2, 0.25) is 0 Å². The normalized spacial score (nSPS) is 25.7. The zero-order valence-corrected chi connectivity index (χ0v) is 11.4. The van der Waals surface area contributed by atoms with E-state index in [0.717, 1.165) is 17.7 Å². The third-order valence-electron chi connectivity index (χ3n) is 3.99. The first-order valence-corrected chi connectivity index (χ1v) is 7.15. The molecule has 0 saturated heterocycles. The van der Waals surface area contributed by atoms with Crippen LogP contribution in [0.5, 0.6) is 5.75 Å². The van der Waals surface area contributed by atoms with Crippen molar-refractivity contribution in [1.82, 2.24) is 0 Å². The van der Waals surface area contributed by atoms with Crippen molar-refractivity contribution in [2.24, 2.45) is 5.92 Å². The molecule has 3 atom stereocenters. The molecule has 0 aromatic heterocycles. The van der Waals surface area contributed by atoms with Crippen molar-refractivity contribution < 1.29 is 9.84 Å². The van der Waals surface area contributed by atoms with E-state index >= 15 is 0 Å². The highest BCUT2D eigenvalue weighted by molar-refractivity contribution is 5.29. The smallest absolute Gasteiger partial charge is 0.120 e. The van der Waals surface area contributed by atoms with Gasteiger partial charge in [0.25, 0.3) is 0 Å². The number of aliphatic hydroxyl groups excluding tert-OH is 1. The van der Waals surface area contributed by atoms with Gasteiger partial charge < -0.3 is 9.84 Å². The Morgan fingerprint density at radius 1 is 1.33 bits per heavy atom. The molecule has 0 bridgehead atoms. The average Bonchev–Trinajstić information content (AvgIpc) is 2.39. The molecule has 1 aliphatic rings. The van der Waals surface area contributed by atoms with Crippen LogP contribution in [0.2, 0.25) is 0 Å². The Bertz CT molecular complexity index is 373. The lowest BCUT2D eigenvalue weighted by molar-refractivity contribution is 0.0899. The fourth-order valence-corrected chi connectivity index (χ4v) is 2.82. The summed E-state index contributed by atoms with van der Waals surface area (Å²) < 4.78 is 6.14. The van der Waals surface area contributed by atoms with Crippen molar-refractivity contribution in [3.05, 3.63) is 29.8 Å². The van der Waals surface area contributed by atoms with Gasteiger partial charge in [-0.15, -0.1) is 0 Å². The molecule has 1 aliphatic carbocycles. The predicted octanol–water partition coefficient (Wildman–Crippen LogP) is 4.09. The van der Waals surface area contributed by atoms with Crippen LogP contribution >= 0.6 is 0 Å². The third kappa shape index (κ3) is 3.26. The van der Waals surface area contributed by atoms with Crippen LogP contribution in [0.4, 0.5) is 0 Å². The quantitative estimate of drug-likeness (QED) is 0.869. The Morgan fingerprint density at radius 2 is 2.11 bits per heavy atom. The molecular weight excluding hydrogens is 224 g/mol. The van der Waals surface area contributed by atoms with Crippen LogP contribution in [0.1, 0.15) is 57.6 Å². The predicted molar refractivity (Wildman–Crippen MR) is 73.7 cm³/mol. The van der Waals surface area contributed by atoms with Crippen molar-refractivity contribution in [1.29, 1.82) is 0 Å². The summed E-state index contributed by atoms with van der Waals surface area (Å²) in [7, 11) is 0. The summed E-state index contributed by atoms with van der Waals surface area (Å²) >= 11 is 0. The van der Waals surface area contributed by atoms with E-state index in [4.69, 9.17) is 4.74 Å².